The van der Waals surface area contributed by atoms with Gasteiger partial charge in [0, 0.05) is 25.2 Å². The summed E-state index contributed by atoms with van der Waals surface area (Å²) in [5.41, 5.74) is 8.35. The van der Waals surface area contributed by atoms with Crippen molar-refractivity contribution in [3.8, 4) is 5.69 Å². The molecule has 2 aliphatic rings. The van der Waals surface area contributed by atoms with Crippen molar-refractivity contribution < 1.29 is 19.8 Å². The van der Waals surface area contributed by atoms with E-state index in [1.165, 1.54) is 34.4 Å². The van der Waals surface area contributed by atoms with Crippen LogP contribution in [0.4, 0.5) is 0 Å². The molecular formula is C26H27N3O4. The van der Waals surface area contributed by atoms with Crippen LogP contribution in [0, 0.1) is 0 Å². The van der Waals surface area contributed by atoms with Gasteiger partial charge in [0.2, 0.25) is 0 Å². The van der Waals surface area contributed by atoms with Crippen LogP contribution in [0.15, 0.2) is 66.9 Å². The van der Waals surface area contributed by atoms with Crippen molar-refractivity contribution in [3.63, 3.8) is 0 Å². The molecule has 33 heavy (non-hydrogen) atoms. The number of aromatic nitrogens is 2. The number of hydrogen-bond donors (Lipinski definition) is 2. The van der Waals surface area contributed by atoms with Crippen molar-refractivity contribution in [1.29, 1.82) is 0 Å². The highest BCUT2D eigenvalue weighted by atomic mass is 16.4. The van der Waals surface area contributed by atoms with Crippen molar-refractivity contribution in [2.75, 3.05) is 13.1 Å². The van der Waals surface area contributed by atoms with E-state index >= 15 is 0 Å². The zero-order valence-electron chi connectivity index (χ0n) is 18.4. The van der Waals surface area contributed by atoms with E-state index < -0.39 is 11.9 Å². The summed E-state index contributed by atoms with van der Waals surface area (Å²) in [5.74, 6) is -3.65. The predicted octanol–water partition coefficient (Wildman–Crippen LogP) is 3.81. The highest BCUT2D eigenvalue weighted by Gasteiger charge is 2.21. The molecule has 7 nitrogen and oxygen atoms in total. The molecule has 0 radical (unpaired) electrons. The number of aliphatic carboxylic acids is 2. The molecule has 1 aliphatic heterocycles. The average molecular weight is 446 g/mol. The van der Waals surface area contributed by atoms with Crippen LogP contribution in [-0.2, 0) is 29.0 Å². The van der Waals surface area contributed by atoms with E-state index in [1.54, 1.807) is 0 Å². The van der Waals surface area contributed by atoms with Gasteiger partial charge in [0.05, 0.1) is 17.6 Å². The fourth-order valence-electron chi connectivity index (χ4n) is 4.42. The number of benzene rings is 2. The second-order valence-corrected chi connectivity index (χ2v) is 8.20. The maximum absolute atomic E-state index is 9.10. The highest BCUT2D eigenvalue weighted by molar-refractivity contribution is 6.27. The molecule has 0 fully saturated rings. The van der Waals surface area contributed by atoms with Crippen LogP contribution >= 0.6 is 0 Å². The summed E-state index contributed by atoms with van der Waals surface area (Å²) in [5, 5.41) is 19.5. The predicted molar refractivity (Wildman–Crippen MR) is 125 cm³/mol. The first kappa shape index (κ1) is 22.5. The molecule has 0 unspecified atom stereocenters. The number of fused-ring (bicyclic) bond motifs is 2. The Kier molecular flexibility index (Phi) is 7.00. The number of nitrogens with zero attached hydrogens (tertiary/aromatic N) is 3. The van der Waals surface area contributed by atoms with Gasteiger partial charge in [-0.25, -0.2) is 14.3 Å². The first-order valence-electron chi connectivity index (χ1n) is 11.1. The van der Waals surface area contributed by atoms with E-state index in [2.05, 4.69) is 76.5 Å². The number of hydrogen-bond acceptors (Lipinski definition) is 4. The molecule has 1 aromatic heterocycles. The second-order valence-electron chi connectivity index (χ2n) is 8.20. The molecule has 2 heterocycles. The molecule has 2 aromatic carbocycles. The molecular weight excluding hydrogens is 418 g/mol. The lowest BCUT2D eigenvalue weighted by molar-refractivity contribution is -0.159. The zero-order chi connectivity index (χ0) is 23.2. The molecule has 7 heteroatoms. The van der Waals surface area contributed by atoms with Crippen molar-refractivity contribution in [1.82, 2.24) is 14.7 Å². The first-order chi connectivity index (χ1) is 16.0. The van der Waals surface area contributed by atoms with E-state index in [1.807, 2.05) is 0 Å². The van der Waals surface area contributed by atoms with Gasteiger partial charge < -0.3 is 10.2 Å². The number of carbonyl (C=O) groups is 2. The minimum atomic E-state index is -1.82. The number of carboxylic acids is 2. The second kappa shape index (κ2) is 10.3. The summed E-state index contributed by atoms with van der Waals surface area (Å²) < 4.78 is 2.12. The lowest BCUT2D eigenvalue weighted by atomic mass is 9.92. The van der Waals surface area contributed by atoms with Crippen LogP contribution in [0.25, 0.3) is 11.3 Å². The summed E-state index contributed by atoms with van der Waals surface area (Å²) in [6.45, 7) is 3.24. The maximum Gasteiger partial charge on any atom is 0.414 e. The molecule has 0 amide bonds. The standard InChI is InChI=1S/C24H25N3.C2H2O4/c1-2-10-22(11-3-1)27-24-12-6-9-20(23(24)17-25-27)14-16-26-15-13-19-7-4-5-8-21(19)18-26;3-1(4)2(5)6/h1-5,7-8,10-11,14,17H,6,9,12-13,15-16,18H2;(H,3,4)(H,5,6). The van der Waals surface area contributed by atoms with Gasteiger partial charge in [0.15, 0.2) is 0 Å². The van der Waals surface area contributed by atoms with Gasteiger partial charge in [0.25, 0.3) is 0 Å². The molecule has 2 N–H and O–H groups in total. The van der Waals surface area contributed by atoms with Crippen molar-refractivity contribution >= 4 is 17.5 Å². The Hall–Kier alpha value is -3.71. The number of carboxylic acid groups (broad SMARTS) is 2. The monoisotopic (exact) mass is 445 g/mol. The number of allylic oxidation sites excluding steroid dienone is 1. The molecule has 3 aromatic rings. The van der Waals surface area contributed by atoms with Gasteiger partial charge >= 0.3 is 11.9 Å². The van der Waals surface area contributed by atoms with Gasteiger partial charge in [0.1, 0.15) is 0 Å². The minimum absolute atomic E-state index is 1.03. The Balaban J connectivity index is 0.000000385. The van der Waals surface area contributed by atoms with Gasteiger partial charge in [-0.2, -0.15) is 5.10 Å². The minimum Gasteiger partial charge on any atom is -0.473 e. The normalized spacial score (nSPS) is 16.3. The third-order valence-electron chi connectivity index (χ3n) is 6.06. The Morgan fingerprint density at radius 1 is 0.909 bits per heavy atom. The third kappa shape index (κ3) is 5.38. The van der Waals surface area contributed by atoms with Crippen molar-refractivity contribution in [2.24, 2.45) is 0 Å². The number of rotatable bonds is 3. The van der Waals surface area contributed by atoms with Gasteiger partial charge in [-0.15, -0.1) is 0 Å². The fraction of sp³-hybridized carbons (Fsp3) is 0.269. The Morgan fingerprint density at radius 3 is 2.33 bits per heavy atom. The summed E-state index contributed by atoms with van der Waals surface area (Å²) >= 11 is 0. The molecule has 0 saturated heterocycles. The highest BCUT2D eigenvalue weighted by Crippen LogP contribution is 2.32. The summed E-state index contributed by atoms with van der Waals surface area (Å²) in [7, 11) is 0. The molecule has 170 valence electrons. The first-order valence-corrected chi connectivity index (χ1v) is 11.1. The molecule has 0 atom stereocenters. The van der Waals surface area contributed by atoms with Crippen molar-refractivity contribution in [3.05, 3.63) is 89.3 Å². The quantitative estimate of drug-likeness (QED) is 0.596. The Labute approximate surface area is 192 Å². The van der Waals surface area contributed by atoms with E-state index in [0.29, 0.717) is 0 Å². The lowest BCUT2D eigenvalue weighted by Crippen LogP contribution is -2.30. The maximum atomic E-state index is 9.10. The van der Waals surface area contributed by atoms with Gasteiger partial charge in [-0.1, -0.05) is 48.5 Å². The molecule has 5 rings (SSSR count). The summed E-state index contributed by atoms with van der Waals surface area (Å²) in [6.07, 6.45) is 9.16. The number of para-hydroxylation sites is 1. The summed E-state index contributed by atoms with van der Waals surface area (Å²) in [4.78, 5) is 20.8. The molecule has 0 spiro atoms. The SMILES string of the molecule is C(CN1CCc2ccccc2C1)=C1CCCc2c1cnn2-c1ccccc1.O=C(O)C(=O)O. The van der Waals surface area contributed by atoms with Gasteiger partial charge in [-0.05, 0) is 54.5 Å². The van der Waals surface area contributed by atoms with Crippen LogP contribution in [0.3, 0.4) is 0 Å². The van der Waals surface area contributed by atoms with E-state index in [0.717, 1.165) is 44.6 Å². The zero-order valence-corrected chi connectivity index (χ0v) is 18.4. The largest absolute Gasteiger partial charge is 0.473 e. The van der Waals surface area contributed by atoms with Gasteiger partial charge in [-0.3, -0.25) is 4.90 Å². The van der Waals surface area contributed by atoms with E-state index in [-0.39, 0.29) is 0 Å². The lowest BCUT2D eigenvalue weighted by Gasteiger charge is -2.28. The average Bonchev–Trinajstić information content (AvgIpc) is 3.28. The van der Waals surface area contributed by atoms with E-state index in [9.17, 15) is 0 Å². The summed E-state index contributed by atoms with van der Waals surface area (Å²) in [6, 6.07) is 19.4. The molecule has 0 bridgehead atoms. The van der Waals surface area contributed by atoms with Crippen molar-refractivity contribution in [2.45, 2.75) is 32.2 Å². The van der Waals surface area contributed by atoms with Crippen LogP contribution < -0.4 is 0 Å². The Morgan fingerprint density at radius 2 is 1.61 bits per heavy atom. The molecule has 1 aliphatic carbocycles. The van der Waals surface area contributed by atoms with Crippen LogP contribution in [0.5, 0.6) is 0 Å². The Bertz CT molecular complexity index is 1160. The van der Waals surface area contributed by atoms with Crippen LogP contribution in [0.1, 0.15) is 35.2 Å². The fourth-order valence-corrected chi connectivity index (χ4v) is 4.42. The third-order valence-corrected chi connectivity index (χ3v) is 6.06. The van der Waals surface area contributed by atoms with Crippen LogP contribution in [0.2, 0.25) is 0 Å². The molecule has 0 saturated carbocycles. The van der Waals surface area contributed by atoms with Crippen LogP contribution in [-0.4, -0.2) is 49.9 Å². The topological polar surface area (TPSA) is 95.7 Å². The smallest absolute Gasteiger partial charge is 0.414 e. The van der Waals surface area contributed by atoms with E-state index in [4.69, 9.17) is 24.9 Å².